The number of nitrogens with one attached hydrogen (secondary N) is 1. The van der Waals surface area contributed by atoms with Gasteiger partial charge in [0.2, 0.25) is 0 Å². The van der Waals surface area contributed by atoms with Crippen LogP contribution >= 0.6 is 12.2 Å². The Bertz CT molecular complexity index is 121. The number of hydrogen-bond acceptors (Lipinski definition) is 1. The standard InChI is InChI=1S/C9H17NS/c1-3-5-6-7-9(11)10-8-4-2/h4H,2-3,5-8H2,1H3,(H,10,11). The van der Waals surface area contributed by atoms with Gasteiger partial charge in [0.1, 0.15) is 0 Å². The molecule has 0 spiro atoms. The van der Waals surface area contributed by atoms with Crippen LogP contribution in [0.5, 0.6) is 0 Å². The Morgan fingerprint density at radius 2 is 2.27 bits per heavy atom. The van der Waals surface area contributed by atoms with E-state index in [9.17, 15) is 0 Å². The quantitative estimate of drug-likeness (QED) is 0.374. The lowest BCUT2D eigenvalue weighted by Gasteiger charge is -2.03. The van der Waals surface area contributed by atoms with Crippen LogP contribution in [0.25, 0.3) is 0 Å². The molecule has 0 saturated carbocycles. The third-order valence-electron chi connectivity index (χ3n) is 1.45. The van der Waals surface area contributed by atoms with E-state index >= 15 is 0 Å². The van der Waals surface area contributed by atoms with Crippen molar-refractivity contribution >= 4 is 17.2 Å². The molecule has 0 saturated heterocycles. The Morgan fingerprint density at radius 1 is 1.55 bits per heavy atom. The molecule has 0 aromatic rings. The first kappa shape index (κ1) is 10.6. The molecule has 0 aliphatic carbocycles. The molecule has 0 atom stereocenters. The van der Waals surface area contributed by atoms with Gasteiger partial charge in [-0.05, 0) is 12.8 Å². The summed E-state index contributed by atoms with van der Waals surface area (Å²) in [6, 6.07) is 0. The third kappa shape index (κ3) is 7.53. The van der Waals surface area contributed by atoms with Gasteiger partial charge in [0.15, 0.2) is 0 Å². The van der Waals surface area contributed by atoms with Crippen molar-refractivity contribution in [2.24, 2.45) is 0 Å². The number of thiocarbonyl (C=S) groups is 1. The van der Waals surface area contributed by atoms with Gasteiger partial charge in [-0.3, -0.25) is 0 Å². The van der Waals surface area contributed by atoms with Gasteiger partial charge in [0, 0.05) is 6.54 Å². The highest BCUT2D eigenvalue weighted by Crippen LogP contribution is 1.99. The average Bonchev–Trinajstić information content (AvgIpc) is 2.01. The maximum absolute atomic E-state index is 5.07. The predicted molar refractivity (Wildman–Crippen MR) is 54.9 cm³/mol. The van der Waals surface area contributed by atoms with Crippen LogP contribution in [0.1, 0.15) is 32.6 Å². The Morgan fingerprint density at radius 3 is 2.82 bits per heavy atom. The number of rotatable bonds is 6. The molecular weight excluding hydrogens is 154 g/mol. The SMILES string of the molecule is C=CCNC(=S)CCCCC. The van der Waals surface area contributed by atoms with Crippen LogP contribution in [0, 0.1) is 0 Å². The molecule has 0 fully saturated rings. The zero-order valence-corrected chi connectivity index (χ0v) is 8.04. The first-order chi connectivity index (χ1) is 5.31. The molecule has 0 aromatic carbocycles. The monoisotopic (exact) mass is 171 g/mol. The predicted octanol–water partition coefficient (Wildman–Crippen LogP) is 2.67. The zero-order chi connectivity index (χ0) is 8.53. The van der Waals surface area contributed by atoms with Crippen molar-refractivity contribution in [3.8, 4) is 0 Å². The first-order valence-corrected chi connectivity index (χ1v) is 4.59. The molecule has 11 heavy (non-hydrogen) atoms. The molecule has 0 aliphatic rings. The molecule has 0 aliphatic heterocycles. The van der Waals surface area contributed by atoms with E-state index in [2.05, 4.69) is 18.8 Å². The summed E-state index contributed by atoms with van der Waals surface area (Å²) in [7, 11) is 0. The van der Waals surface area contributed by atoms with Crippen LogP contribution in [0.15, 0.2) is 12.7 Å². The van der Waals surface area contributed by atoms with Crippen LogP contribution < -0.4 is 5.32 Å². The summed E-state index contributed by atoms with van der Waals surface area (Å²) in [5.74, 6) is 0. The molecule has 0 amide bonds. The largest absolute Gasteiger partial charge is 0.376 e. The van der Waals surface area contributed by atoms with Gasteiger partial charge < -0.3 is 5.32 Å². The molecule has 0 heterocycles. The highest BCUT2D eigenvalue weighted by atomic mass is 32.1. The van der Waals surface area contributed by atoms with Gasteiger partial charge in [-0.1, -0.05) is 38.1 Å². The van der Waals surface area contributed by atoms with Gasteiger partial charge in [-0.2, -0.15) is 0 Å². The number of hydrogen-bond donors (Lipinski definition) is 1. The highest BCUT2D eigenvalue weighted by Gasteiger charge is 1.92. The van der Waals surface area contributed by atoms with Crippen molar-refractivity contribution in [2.45, 2.75) is 32.6 Å². The maximum atomic E-state index is 5.07. The summed E-state index contributed by atoms with van der Waals surface area (Å²) < 4.78 is 0. The summed E-state index contributed by atoms with van der Waals surface area (Å²) in [6.07, 6.45) is 6.59. The van der Waals surface area contributed by atoms with E-state index in [1.165, 1.54) is 19.3 Å². The zero-order valence-electron chi connectivity index (χ0n) is 7.23. The minimum Gasteiger partial charge on any atom is -0.376 e. The average molecular weight is 171 g/mol. The first-order valence-electron chi connectivity index (χ1n) is 4.18. The Kier molecular flexibility index (Phi) is 7.47. The van der Waals surface area contributed by atoms with Crippen molar-refractivity contribution in [3.63, 3.8) is 0 Å². The molecular formula is C9H17NS. The second kappa shape index (κ2) is 7.73. The van der Waals surface area contributed by atoms with Crippen LogP contribution in [-0.4, -0.2) is 11.5 Å². The fourth-order valence-electron chi connectivity index (χ4n) is 0.810. The molecule has 0 unspecified atom stereocenters. The van der Waals surface area contributed by atoms with Crippen molar-refractivity contribution in [3.05, 3.63) is 12.7 Å². The van der Waals surface area contributed by atoms with Crippen LogP contribution in [0.2, 0.25) is 0 Å². The summed E-state index contributed by atoms with van der Waals surface area (Å²) in [6.45, 7) is 6.60. The fraction of sp³-hybridized carbons (Fsp3) is 0.667. The fourth-order valence-corrected chi connectivity index (χ4v) is 1.04. The van der Waals surface area contributed by atoms with Gasteiger partial charge >= 0.3 is 0 Å². The topological polar surface area (TPSA) is 12.0 Å². The van der Waals surface area contributed by atoms with Crippen molar-refractivity contribution in [1.29, 1.82) is 0 Å². The van der Waals surface area contributed by atoms with E-state index < -0.39 is 0 Å². The Hall–Kier alpha value is -0.370. The van der Waals surface area contributed by atoms with Crippen molar-refractivity contribution in [1.82, 2.24) is 5.32 Å². The lowest BCUT2D eigenvalue weighted by Crippen LogP contribution is -2.20. The molecule has 0 rings (SSSR count). The van der Waals surface area contributed by atoms with Crippen LogP contribution in [0.4, 0.5) is 0 Å². The van der Waals surface area contributed by atoms with E-state index in [0.29, 0.717) is 0 Å². The van der Waals surface area contributed by atoms with Crippen LogP contribution in [-0.2, 0) is 0 Å². The van der Waals surface area contributed by atoms with E-state index in [0.717, 1.165) is 18.0 Å². The molecule has 1 N–H and O–H groups in total. The Labute approximate surface area is 74.9 Å². The lowest BCUT2D eigenvalue weighted by atomic mass is 10.2. The Balaban J connectivity index is 3.15. The molecule has 64 valence electrons. The van der Waals surface area contributed by atoms with E-state index in [-0.39, 0.29) is 0 Å². The molecule has 0 radical (unpaired) electrons. The second-order valence-corrected chi connectivity index (χ2v) is 3.04. The van der Waals surface area contributed by atoms with Crippen LogP contribution in [0.3, 0.4) is 0 Å². The van der Waals surface area contributed by atoms with Gasteiger partial charge in [0.25, 0.3) is 0 Å². The van der Waals surface area contributed by atoms with Gasteiger partial charge in [0.05, 0.1) is 4.99 Å². The van der Waals surface area contributed by atoms with E-state index in [4.69, 9.17) is 12.2 Å². The smallest absolute Gasteiger partial charge is 0.0755 e. The summed E-state index contributed by atoms with van der Waals surface area (Å²) in [5.41, 5.74) is 0. The van der Waals surface area contributed by atoms with Gasteiger partial charge in [-0.25, -0.2) is 0 Å². The third-order valence-corrected chi connectivity index (χ3v) is 1.80. The molecule has 0 aromatic heterocycles. The van der Waals surface area contributed by atoms with Crippen molar-refractivity contribution < 1.29 is 0 Å². The number of unbranched alkanes of at least 4 members (excludes halogenated alkanes) is 2. The summed E-state index contributed by atoms with van der Waals surface area (Å²) >= 11 is 5.07. The van der Waals surface area contributed by atoms with E-state index in [1.807, 2.05) is 6.08 Å². The second-order valence-electron chi connectivity index (χ2n) is 2.55. The highest BCUT2D eigenvalue weighted by molar-refractivity contribution is 7.80. The molecule has 1 nitrogen and oxygen atoms in total. The maximum Gasteiger partial charge on any atom is 0.0755 e. The summed E-state index contributed by atoms with van der Waals surface area (Å²) in [5, 5.41) is 3.10. The van der Waals surface area contributed by atoms with Crippen molar-refractivity contribution in [2.75, 3.05) is 6.54 Å². The minimum absolute atomic E-state index is 0.797. The molecule has 2 heteroatoms. The summed E-state index contributed by atoms with van der Waals surface area (Å²) in [4.78, 5) is 0.971. The molecule has 0 bridgehead atoms. The lowest BCUT2D eigenvalue weighted by molar-refractivity contribution is 0.736. The normalized spacial score (nSPS) is 9.18. The van der Waals surface area contributed by atoms with Gasteiger partial charge in [-0.15, -0.1) is 6.58 Å². The van der Waals surface area contributed by atoms with E-state index in [1.54, 1.807) is 0 Å². The minimum atomic E-state index is 0.797.